The molecule has 0 amide bonds. The zero-order chi connectivity index (χ0) is 10.4. The summed E-state index contributed by atoms with van der Waals surface area (Å²) in [4.78, 5) is 0. The van der Waals surface area contributed by atoms with Crippen molar-refractivity contribution < 1.29 is 10.2 Å². The molecule has 0 aromatic heterocycles. The molecular weight excluding hydrogens is 200 g/mol. The number of hydrogen-bond donors (Lipinski definition) is 2. The average Bonchev–Trinajstić information content (AvgIpc) is 2.88. The fourth-order valence-electron chi connectivity index (χ4n) is 8.76. The summed E-state index contributed by atoms with van der Waals surface area (Å²) in [7, 11) is 0. The van der Waals surface area contributed by atoms with Gasteiger partial charge < -0.3 is 10.2 Å². The Hall–Kier alpha value is -0.0800. The summed E-state index contributed by atoms with van der Waals surface area (Å²) in [5.41, 5.74) is -0.0401. The SMILES string of the molecule is OCC1(CO)[C@H]2[C@@H]3[C@H]4[C@H]5C[C@@H]6[C@@H]4[C@@H]3[C@H]1[C@H]6[C@@H]52. The Labute approximate surface area is 95.0 Å². The van der Waals surface area contributed by atoms with Crippen molar-refractivity contribution in [1.82, 2.24) is 0 Å². The van der Waals surface area contributed by atoms with Gasteiger partial charge in [-0.25, -0.2) is 0 Å². The number of aliphatic hydroxyl groups excluding tert-OH is 2. The van der Waals surface area contributed by atoms with E-state index in [0.717, 1.165) is 59.2 Å². The van der Waals surface area contributed by atoms with Crippen LogP contribution in [-0.2, 0) is 0 Å². The van der Waals surface area contributed by atoms with Crippen LogP contribution in [0.2, 0.25) is 0 Å². The Bertz CT molecular complexity index is 377. The Morgan fingerprint density at radius 3 is 1.69 bits per heavy atom. The van der Waals surface area contributed by atoms with Crippen molar-refractivity contribution in [3.8, 4) is 0 Å². The Morgan fingerprint density at radius 2 is 1.25 bits per heavy atom. The molecule has 0 spiro atoms. The van der Waals surface area contributed by atoms with E-state index in [1.807, 2.05) is 0 Å². The zero-order valence-electron chi connectivity index (χ0n) is 9.29. The molecule has 0 saturated heterocycles. The third kappa shape index (κ3) is 0.425. The van der Waals surface area contributed by atoms with E-state index in [9.17, 15) is 10.2 Å². The largest absolute Gasteiger partial charge is 0.396 e. The zero-order valence-corrected chi connectivity index (χ0v) is 9.29. The Morgan fingerprint density at radius 1 is 0.750 bits per heavy atom. The lowest BCUT2D eigenvalue weighted by Crippen LogP contribution is -2.41. The molecule has 2 nitrogen and oxygen atoms in total. The molecule has 0 radical (unpaired) electrons. The molecule has 0 aromatic rings. The van der Waals surface area contributed by atoms with Crippen molar-refractivity contribution in [3.63, 3.8) is 0 Å². The number of rotatable bonds is 2. The van der Waals surface area contributed by atoms with E-state index in [4.69, 9.17) is 0 Å². The molecule has 7 saturated carbocycles. The van der Waals surface area contributed by atoms with Gasteiger partial charge in [0.1, 0.15) is 0 Å². The first-order chi connectivity index (χ1) is 7.85. The molecule has 16 heavy (non-hydrogen) atoms. The lowest BCUT2D eigenvalue weighted by molar-refractivity contribution is 0.00446. The molecule has 0 aliphatic heterocycles. The summed E-state index contributed by atoms with van der Waals surface area (Å²) >= 11 is 0. The average molecular weight is 218 g/mol. The molecule has 0 unspecified atom stereocenters. The molecule has 7 fully saturated rings. The van der Waals surface area contributed by atoms with Crippen molar-refractivity contribution in [1.29, 1.82) is 0 Å². The molecule has 2 heteroatoms. The van der Waals surface area contributed by atoms with Gasteiger partial charge in [-0.05, 0) is 65.6 Å². The van der Waals surface area contributed by atoms with Crippen molar-refractivity contribution >= 4 is 0 Å². The smallest absolute Gasteiger partial charge is 0.0515 e. The Balaban J connectivity index is 1.67. The minimum Gasteiger partial charge on any atom is -0.396 e. The lowest BCUT2D eigenvalue weighted by Gasteiger charge is -2.44. The van der Waals surface area contributed by atoms with Crippen molar-refractivity contribution in [2.24, 2.45) is 64.6 Å². The van der Waals surface area contributed by atoms with Crippen molar-refractivity contribution in [3.05, 3.63) is 0 Å². The summed E-state index contributed by atoms with van der Waals surface area (Å²) < 4.78 is 0. The van der Waals surface area contributed by atoms with Gasteiger partial charge in [0, 0.05) is 5.41 Å². The highest BCUT2D eigenvalue weighted by Crippen LogP contribution is 2.94. The normalized spacial score (nSPS) is 76.9. The quantitative estimate of drug-likeness (QED) is 0.712. The first-order valence-corrected chi connectivity index (χ1v) is 7.07. The molecule has 4 bridgehead atoms. The maximum absolute atomic E-state index is 9.87. The van der Waals surface area contributed by atoms with E-state index in [0.29, 0.717) is 0 Å². The van der Waals surface area contributed by atoms with Crippen molar-refractivity contribution in [2.75, 3.05) is 13.2 Å². The molecule has 0 aromatic carbocycles. The van der Waals surface area contributed by atoms with Crippen LogP contribution in [0.3, 0.4) is 0 Å². The van der Waals surface area contributed by atoms with E-state index >= 15 is 0 Å². The first-order valence-electron chi connectivity index (χ1n) is 7.07. The van der Waals surface area contributed by atoms with Crippen LogP contribution in [0.1, 0.15) is 6.42 Å². The van der Waals surface area contributed by atoms with E-state index in [1.165, 1.54) is 6.42 Å². The van der Waals surface area contributed by atoms with Gasteiger partial charge >= 0.3 is 0 Å². The molecule has 86 valence electrons. The summed E-state index contributed by atoms with van der Waals surface area (Å²) in [6.45, 7) is 0.523. The number of aliphatic hydroxyl groups is 2. The van der Waals surface area contributed by atoms with Gasteiger partial charge in [0.25, 0.3) is 0 Å². The molecule has 2 N–H and O–H groups in total. The van der Waals surface area contributed by atoms with Gasteiger partial charge in [0.2, 0.25) is 0 Å². The molecule has 0 heterocycles. The van der Waals surface area contributed by atoms with Gasteiger partial charge in [-0.15, -0.1) is 0 Å². The lowest BCUT2D eigenvalue weighted by atomic mass is 9.60. The van der Waals surface area contributed by atoms with Crippen LogP contribution < -0.4 is 0 Å². The minimum absolute atomic E-state index is 0.0401. The van der Waals surface area contributed by atoms with Crippen LogP contribution in [0.25, 0.3) is 0 Å². The summed E-state index contributed by atoms with van der Waals surface area (Å²) in [6.07, 6.45) is 1.53. The van der Waals surface area contributed by atoms with Crippen LogP contribution in [0.15, 0.2) is 0 Å². The minimum atomic E-state index is -0.0401. The standard InChI is InChI=1S/C14H18O2/c15-2-14(3-16)12-8-4-1-5-7-6(4)10(12)11(7)13(14)9(5)8/h4-13,15-16H,1-3H2/t4-,5-,6+,7+,8-,9-,10-,11+,12-,13-/m1/s1. The van der Waals surface area contributed by atoms with Crippen LogP contribution >= 0.6 is 0 Å². The topological polar surface area (TPSA) is 40.5 Å². The van der Waals surface area contributed by atoms with Crippen molar-refractivity contribution in [2.45, 2.75) is 6.42 Å². The molecule has 10 atom stereocenters. The summed E-state index contributed by atoms with van der Waals surface area (Å²) in [5, 5.41) is 19.7. The van der Waals surface area contributed by atoms with E-state index in [-0.39, 0.29) is 18.6 Å². The highest BCUT2D eigenvalue weighted by molar-refractivity contribution is 5.38. The molecule has 7 aliphatic rings. The fraction of sp³-hybridized carbons (Fsp3) is 1.00. The molecule has 7 aliphatic carbocycles. The van der Waals surface area contributed by atoms with Gasteiger partial charge in [0.05, 0.1) is 13.2 Å². The predicted molar refractivity (Wildman–Crippen MR) is 56.1 cm³/mol. The summed E-state index contributed by atoms with van der Waals surface area (Å²) in [6, 6.07) is 0. The molecule has 7 rings (SSSR count). The van der Waals surface area contributed by atoms with E-state index in [2.05, 4.69) is 0 Å². The second kappa shape index (κ2) is 1.91. The van der Waals surface area contributed by atoms with E-state index in [1.54, 1.807) is 0 Å². The fourth-order valence-corrected chi connectivity index (χ4v) is 8.76. The van der Waals surface area contributed by atoms with Crippen LogP contribution in [-0.4, -0.2) is 23.4 Å². The second-order valence-corrected chi connectivity index (χ2v) is 7.63. The van der Waals surface area contributed by atoms with Crippen LogP contribution in [0.5, 0.6) is 0 Å². The third-order valence-electron chi connectivity index (χ3n) is 8.32. The monoisotopic (exact) mass is 218 g/mol. The first kappa shape index (κ1) is 8.10. The highest BCUT2D eigenvalue weighted by Gasteiger charge is 2.91. The van der Waals surface area contributed by atoms with E-state index < -0.39 is 0 Å². The second-order valence-electron chi connectivity index (χ2n) is 7.63. The Kier molecular flexibility index (Phi) is 0.966. The number of hydrogen-bond acceptors (Lipinski definition) is 2. The van der Waals surface area contributed by atoms with Crippen LogP contribution in [0.4, 0.5) is 0 Å². The third-order valence-corrected chi connectivity index (χ3v) is 8.32. The molecular formula is C14H18O2. The maximum Gasteiger partial charge on any atom is 0.0515 e. The summed E-state index contributed by atoms with van der Waals surface area (Å²) in [5.74, 6) is 9.33. The predicted octanol–water partition coefficient (Wildman–Crippen LogP) is 0.591. The van der Waals surface area contributed by atoms with Gasteiger partial charge in [0.15, 0.2) is 0 Å². The van der Waals surface area contributed by atoms with Gasteiger partial charge in [-0.3, -0.25) is 0 Å². The highest BCUT2D eigenvalue weighted by atomic mass is 16.3. The van der Waals surface area contributed by atoms with Crippen LogP contribution in [0, 0.1) is 64.6 Å². The maximum atomic E-state index is 9.87. The van der Waals surface area contributed by atoms with Gasteiger partial charge in [-0.2, -0.15) is 0 Å². The van der Waals surface area contributed by atoms with Gasteiger partial charge in [-0.1, -0.05) is 0 Å².